The van der Waals surface area contributed by atoms with Gasteiger partial charge >= 0.3 is 0 Å². The molecule has 10 heteroatoms. The fourth-order valence-electron chi connectivity index (χ4n) is 4.23. The fraction of sp³-hybridized carbons (Fsp3) is 0.364. The molecule has 170 valence electrons. The second-order valence-electron chi connectivity index (χ2n) is 7.84. The van der Waals surface area contributed by atoms with Crippen molar-refractivity contribution in [3.63, 3.8) is 0 Å². The van der Waals surface area contributed by atoms with E-state index in [2.05, 4.69) is 5.32 Å². The van der Waals surface area contributed by atoms with Crippen LogP contribution in [0.1, 0.15) is 30.1 Å². The van der Waals surface area contributed by atoms with Gasteiger partial charge in [0.25, 0.3) is 5.91 Å². The number of sulfonamides is 1. The van der Waals surface area contributed by atoms with Crippen LogP contribution in [-0.2, 0) is 14.8 Å². The van der Waals surface area contributed by atoms with E-state index in [0.717, 1.165) is 5.75 Å². The molecule has 2 aliphatic heterocycles. The number of hydrogen-bond acceptors (Lipinski definition) is 5. The van der Waals surface area contributed by atoms with Crippen molar-refractivity contribution in [2.75, 3.05) is 30.7 Å². The minimum atomic E-state index is -3.66. The Morgan fingerprint density at radius 3 is 2.31 bits per heavy atom. The van der Waals surface area contributed by atoms with Crippen molar-refractivity contribution in [1.29, 1.82) is 0 Å². The van der Waals surface area contributed by atoms with Crippen molar-refractivity contribution in [3.05, 3.63) is 59.1 Å². The number of anilines is 1. The maximum Gasteiger partial charge on any atom is 0.256 e. The highest BCUT2D eigenvalue weighted by Gasteiger charge is 2.48. The molecule has 2 amide bonds. The summed E-state index contributed by atoms with van der Waals surface area (Å²) in [4.78, 5) is 26.0. The Bertz CT molecular complexity index is 1130. The van der Waals surface area contributed by atoms with Crippen molar-refractivity contribution in [2.24, 2.45) is 0 Å². The molecule has 2 aromatic carbocycles. The van der Waals surface area contributed by atoms with Crippen LogP contribution >= 0.6 is 23.4 Å². The van der Waals surface area contributed by atoms with Gasteiger partial charge in [-0.3, -0.25) is 9.59 Å². The standard InChI is InChI=1S/C22H24ClN3O4S2/c1-16(27)24-17-6-8-18(9-7-17)32(29,30)25-12-10-22(11-13-25)26(14-15-31-22)21(28)19-4-2-3-5-20(19)23/h2-9H,10-15H2,1H3,(H,24,27). The van der Waals surface area contributed by atoms with Gasteiger partial charge in [0, 0.05) is 38.0 Å². The summed E-state index contributed by atoms with van der Waals surface area (Å²) in [5.74, 6) is 0.491. The average molecular weight is 494 g/mol. The number of nitrogens with one attached hydrogen (secondary N) is 1. The molecule has 2 aliphatic rings. The summed E-state index contributed by atoms with van der Waals surface area (Å²) in [6.07, 6.45) is 1.11. The van der Waals surface area contributed by atoms with Gasteiger partial charge in [0.1, 0.15) is 0 Å². The van der Waals surface area contributed by atoms with Gasteiger partial charge in [-0.2, -0.15) is 4.31 Å². The van der Waals surface area contributed by atoms with Gasteiger partial charge < -0.3 is 10.2 Å². The summed E-state index contributed by atoms with van der Waals surface area (Å²) < 4.78 is 27.8. The molecule has 0 radical (unpaired) electrons. The maximum absolute atomic E-state index is 13.2. The lowest BCUT2D eigenvalue weighted by Crippen LogP contribution is -2.53. The molecule has 0 unspecified atom stereocenters. The van der Waals surface area contributed by atoms with Crippen molar-refractivity contribution >= 4 is 50.9 Å². The van der Waals surface area contributed by atoms with Crippen molar-refractivity contribution < 1.29 is 18.0 Å². The van der Waals surface area contributed by atoms with E-state index in [1.807, 2.05) is 4.90 Å². The number of thioether (sulfide) groups is 1. The number of rotatable bonds is 4. The summed E-state index contributed by atoms with van der Waals surface area (Å²) in [5, 5.41) is 3.06. The first-order chi connectivity index (χ1) is 15.2. The molecule has 2 fully saturated rings. The second-order valence-corrected chi connectivity index (χ2v) is 11.6. The zero-order chi connectivity index (χ0) is 22.9. The molecule has 2 heterocycles. The van der Waals surface area contributed by atoms with E-state index in [4.69, 9.17) is 11.6 Å². The van der Waals surface area contributed by atoms with E-state index in [9.17, 15) is 18.0 Å². The lowest BCUT2D eigenvalue weighted by molar-refractivity contribution is -0.114. The number of benzene rings is 2. The zero-order valence-corrected chi connectivity index (χ0v) is 20.0. The molecule has 2 aromatic rings. The minimum Gasteiger partial charge on any atom is -0.326 e. The van der Waals surface area contributed by atoms with Crippen LogP contribution in [0.15, 0.2) is 53.4 Å². The van der Waals surface area contributed by atoms with Crippen molar-refractivity contribution in [1.82, 2.24) is 9.21 Å². The first-order valence-corrected chi connectivity index (χ1v) is 13.1. The summed E-state index contributed by atoms with van der Waals surface area (Å²) >= 11 is 7.97. The van der Waals surface area contributed by atoms with Gasteiger partial charge in [-0.1, -0.05) is 23.7 Å². The van der Waals surface area contributed by atoms with E-state index in [1.54, 1.807) is 48.2 Å². The van der Waals surface area contributed by atoms with Gasteiger partial charge in [0.2, 0.25) is 15.9 Å². The average Bonchev–Trinajstić information content (AvgIpc) is 3.16. The molecule has 1 N–H and O–H groups in total. The van der Waals surface area contributed by atoms with Crippen LogP contribution in [0.2, 0.25) is 5.02 Å². The lowest BCUT2D eigenvalue weighted by Gasteiger charge is -2.43. The number of amides is 2. The molecule has 0 atom stereocenters. The van der Waals surface area contributed by atoms with Gasteiger partial charge in [-0.05, 0) is 49.2 Å². The molecule has 32 heavy (non-hydrogen) atoms. The zero-order valence-electron chi connectivity index (χ0n) is 17.6. The highest BCUT2D eigenvalue weighted by Crippen LogP contribution is 2.45. The van der Waals surface area contributed by atoms with Gasteiger partial charge in [0.15, 0.2) is 0 Å². The molecule has 0 bridgehead atoms. The third kappa shape index (κ3) is 4.39. The highest BCUT2D eigenvalue weighted by atomic mass is 35.5. The molecule has 0 aromatic heterocycles. The smallest absolute Gasteiger partial charge is 0.256 e. The van der Waals surface area contributed by atoms with Crippen LogP contribution in [0.4, 0.5) is 5.69 Å². The Kier molecular flexibility index (Phi) is 6.53. The van der Waals surface area contributed by atoms with Crippen LogP contribution in [0, 0.1) is 0 Å². The van der Waals surface area contributed by atoms with Crippen molar-refractivity contribution in [3.8, 4) is 0 Å². The topological polar surface area (TPSA) is 86.8 Å². The molecule has 2 saturated heterocycles. The monoisotopic (exact) mass is 493 g/mol. The number of nitrogens with zero attached hydrogens (tertiary/aromatic N) is 2. The number of halogens is 1. The predicted octanol–water partition coefficient (Wildman–Crippen LogP) is 3.67. The van der Waals surface area contributed by atoms with Crippen LogP contribution in [0.25, 0.3) is 0 Å². The van der Waals surface area contributed by atoms with Gasteiger partial charge in [-0.25, -0.2) is 8.42 Å². The number of piperidine rings is 1. The Labute approximate surface area is 197 Å². The van der Waals surface area contributed by atoms with Crippen LogP contribution < -0.4 is 5.32 Å². The summed E-state index contributed by atoms with van der Waals surface area (Å²) in [7, 11) is -3.66. The Hall–Kier alpha value is -2.07. The fourth-order valence-corrected chi connectivity index (χ4v) is 7.34. The van der Waals surface area contributed by atoms with Gasteiger partial charge in [-0.15, -0.1) is 11.8 Å². The molecule has 0 saturated carbocycles. The summed E-state index contributed by atoms with van der Waals surface area (Å²) in [5.41, 5.74) is 1.02. The summed E-state index contributed by atoms with van der Waals surface area (Å²) in [6, 6.07) is 13.2. The van der Waals surface area contributed by atoms with Crippen LogP contribution in [-0.4, -0.2) is 59.7 Å². The largest absolute Gasteiger partial charge is 0.326 e. The lowest BCUT2D eigenvalue weighted by atomic mass is 10.0. The van der Waals surface area contributed by atoms with E-state index in [-0.39, 0.29) is 16.7 Å². The molecular weight excluding hydrogens is 470 g/mol. The molecule has 7 nitrogen and oxygen atoms in total. The maximum atomic E-state index is 13.2. The predicted molar refractivity (Wildman–Crippen MR) is 126 cm³/mol. The number of hydrogen-bond donors (Lipinski definition) is 1. The van der Waals surface area contributed by atoms with Crippen LogP contribution in [0.5, 0.6) is 0 Å². The van der Waals surface area contributed by atoms with E-state index in [1.165, 1.54) is 23.4 Å². The van der Waals surface area contributed by atoms with Crippen molar-refractivity contribution in [2.45, 2.75) is 29.5 Å². The third-order valence-electron chi connectivity index (χ3n) is 5.84. The first kappa shape index (κ1) is 23.1. The SMILES string of the molecule is CC(=O)Nc1ccc(S(=O)(=O)N2CCC3(CC2)SCCN3C(=O)c2ccccc2Cl)cc1. The van der Waals surface area contributed by atoms with Crippen LogP contribution in [0.3, 0.4) is 0 Å². The Morgan fingerprint density at radius 2 is 1.69 bits per heavy atom. The van der Waals surface area contributed by atoms with Gasteiger partial charge in [0.05, 0.1) is 20.4 Å². The second kappa shape index (κ2) is 9.05. The highest BCUT2D eigenvalue weighted by molar-refractivity contribution is 8.00. The summed E-state index contributed by atoms with van der Waals surface area (Å²) in [6.45, 7) is 2.67. The van der Waals surface area contributed by atoms with E-state index in [0.29, 0.717) is 48.7 Å². The Morgan fingerprint density at radius 1 is 1.03 bits per heavy atom. The normalized spacial score (nSPS) is 18.6. The molecule has 4 rings (SSSR count). The van der Waals surface area contributed by atoms with E-state index >= 15 is 0 Å². The minimum absolute atomic E-state index is 0.106. The van der Waals surface area contributed by atoms with E-state index < -0.39 is 14.9 Å². The quantitative estimate of drug-likeness (QED) is 0.702. The molecule has 0 aliphatic carbocycles. The third-order valence-corrected chi connectivity index (χ3v) is 9.64. The molecule has 1 spiro atoms. The first-order valence-electron chi connectivity index (χ1n) is 10.3. The number of carbonyl (C=O) groups is 2. The molecular formula is C22H24ClN3O4S2. The Balaban J connectivity index is 1.48. The number of carbonyl (C=O) groups excluding carboxylic acids is 2.